The zero-order valence-corrected chi connectivity index (χ0v) is 9.33. The highest BCUT2D eigenvalue weighted by atomic mass is 32.2. The van der Waals surface area contributed by atoms with Crippen LogP contribution in [0.1, 0.15) is 6.92 Å². The Bertz CT molecular complexity index is 242. The molecule has 7 heteroatoms. The molecule has 0 heterocycles. The third kappa shape index (κ3) is 8.39. The van der Waals surface area contributed by atoms with E-state index in [0.29, 0.717) is 13.1 Å². The van der Waals surface area contributed by atoms with Gasteiger partial charge in [0.25, 0.3) is 0 Å². The van der Waals surface area contributed by atoms with Crippen LogP contribution in [0.4, 0.5) is 0 Å². The van der Waals surface area contributed by atoms with Crippen LogP contribution in [0, 0.1) is 0 Å². The van der Waals surface area contributed by atoms with Gasteiger partial charge >= 0.3 is 0 Å². The van der Waals surface area contributed by atoms with Crippen LogP contribution >= 0.6 is 0 Å². The van der Waals surface area contributed by atoms with E-state index in [1.807, 2.05) is 18.9 Å². The Hall–Kier alpha value is -0.210. The Balaban J connectivity index is 3.61. The zero-order valence-electron chi connectivity index (χ0n) is 8.51. The van der Waals surface area contributed by atoms with Crippen LogP contribution in [-0.4, -0.2) is 67.1 Å². The van der Waals surface area contributed by atoms with E-state index < -0.39 is 15.9 Å². The Labute approximate surface area is 84.8 Å². The van der Waals surface area contributed by atoms with E-state index in [0.717, 1.165) is 11.6 Å². The van der Waals surface area contributed by atoms with Gasteiger partial charge in [0.15, 0.2) is 0 Å². The fourth-order valence-electron chi connectivity index (χ4n) is 0.773. The van der Waals surface area contributed by atoms with E-state index in [9.17, 15) is 13.0 Å². The van der Waals surface area contributed by atoms with Gasteiger partial charge in [0, 0.05) is 19.6 Å². The van der Waals surface area contributed by atoms with Gasteiger partial charge in [-0.2, -0.15) is 5.06 Å². The molecule has 0 aliphatic heterocycles. The largest absolute Gasteiger partial charge is 0.748 e. The molecule has 0 aliphatic carbocycles. The maximum Gasteiger partial charge on any atom is 0.0959 e. The van der Waals surface area contributed by atoms with Crippen LogP contribution in [0.25, 0.3) is 0 Å². The van der Waals surface area contributed by atoms with Gasteiger partial charge < -0.3 is 14.7 Å². The molecule has 0 atom stereocenters. The van der Waals surface area contributed by atoms with E-state index in [1.54, 1.807) is 0 Å². The molecular weight excluding hydrogens is 208 g/mol. The van der Waals surface area contributed by atoms with Crippen molar-refractivity contribution in [3.63, 3.8) is 0 Å². The maximum atomic E-state index is 10.2. The van der Waals surface area contributed by atoms with Crippen molar-refractivity contribution in [2.45, 2.75) is 6.92 Å². The first-order valence-electron chi connectivity index (χ1n) is 4.41. The number of hydrogen-bond acceptors (Lipinski definition) is 6. The van der Waals surface area contributed by atoms with Crippen LogP contribution in [0.3, 0.4) is 0 Å². The van der Waals surface area contributed by atoms with Gasteiger partial charge in [-0.1, -0.05) is 6.92 Å². The van der Waals surface area contributed by atoms with E-state index in [4.69, 9.17) is 5.21 Å². The first-order chi connectivity index (χ1) is 6.35. The van der Waals surface area contributed by atoms with Gasteiger partial charge in [0.1, 0.15) is 0 Å². The summed E-state index contributed by atoms with van der Waals surface area (Å²) in [6.45, 7) is 3.66. The summed E-state index contributed by atoms with van der Waals surface area (Å²) in [7, 11) is -2.34. The Morgan fingerprint density at radius 3 is 2.29 bits per heavy atom. The van der Waals surface area contributed by atoms with Crippen LogP contribution in [0.15, 0.2) is 0 Å². The van der Waals surface area contributed by atoms with Crippen LogP contribution in [0.5, 0.6) is 0 Å². The summed E-state index contributed by atoms with van der Waals surface area (Å²) in [6.07, 6.45) is 0. The van der Waals surface area contributed by atoms with Gasteiger partial charge in [-0.3, -0.25) is 0 Å². The van der Waals surface area contributed by atoms with E-state index in [-0.39, 0.29) is 6.54 Å². The van der Waals surface area contributed by atoms with Gasteiger partial charge in [0.2, 0.25) is 0 Å². The molecule has 6 nitrogen and oxygen atoms in total. The molecule has 0 unspecified atom stereocenters. The predicted octanol–water partition coefficient (Wildman–Crippen LogP) is -0.825. The number of nitrogens with zero attached hydrogens (tertiary/aromatic N) is 2. The highest BCUT2D eigenvalue weighted by Crippen LogP contribution is 1.88. The Morgan fingerprint density at radius 1 is 1.29 bits per heavy atom. The standard InChI is InChI=1S/C7H18N2O4S/c1-3-8(2)4-5-9(10)6-7-14(11,12)13/h10H,3-7H2,1-2H3,(H,11,12,13)/p-1. The summed E-state index contributed by atoms with van der Waals surface area (Å²) in [5.74, 6) is -0.556. The number of rotatable bonds is 7. The second-order valence-corrected chi connectivity index (χ2v) is 4.63. The molecule has 0 aromatic rings. The molecule has 0 radical (unpaired) electrons. The zero-order chi connectivity index (χ0) is 11.2. The second kappa shape index (κ2) is 6.31. The minimum atomic E-state index is -4.23. The van der Waals surface area contributed by atoms with Gasteiger partial charge in [-0.05, 0) is 13.6 Å². The van der Waals surface area contributed by atoms with Crippen molar-refractivity contribution in [1.82, 2.24) is 9.96 Å². The fourth-order valence-corrected chi connectivity index (χ4v) is 1.21. The molecule has 0 saturated carbocycles. The first kappa shape index (κ1) is 13.8. The van der Waals surface area contributed by atoms with Gasteiger partial charge in [-0.15, -0.1) is 0 Å². The molecule has 14 heavy (non-hydrogen) atoms. The monoisotopic (exact) mass is 225 g/mol. The van der Waals surface area contributed by atoms with Crippen molar-refractivity contribution in [3.05, 3.63) is 0 Å². The summed E-state index contributed by atoms with van der Waals surface area (Å²) >= 11 is 0. The molecule has 0 spiro atoms. The smallest absolute Gasteiger partial charge is 0.0959 e. The minimum absolute atomic E-state index is 0.136. The average molecular weight is 225 g/mol. The lowest BCUT2D eigenvalue weighted by atomic mass is 10.5. The van der Waals surface area contributed by atoms with Crippen LogP contribution in [-0.2, 0) is 10.1 Å². The molecule has 0 saturated heterocycles. The molecule has 86 valence electrons. The topological polar surface area (TPSA) is 83.9 Å². The molecule has 0 fully saturated rings. The van der Waals surface area contributed by atoms with E-state index in [2.05, 4.69) is 0 Å². The molecule has 0 rings (SSSR count). The average Bonchev–Trinajstić information content (AvgIpc) is 2.09. The summed E-state index contributed by atoms with van der Waals surface area (Å²) in [5.41, 5.74) is 0. The summed E-state index contributed by atoms with van der Waals surface area (Å²) in [6, 6.07) is 0. The van der Waals surface area contributed by atoms with Gasteiger partial charge in [0.05, 0.1) is 15.9 Å². The third-order valence-electron chi connectivity index (χ3n) is 1.88. The van der Waals surface area contributed by atoms with Crippen molar-refractivity contribution >= 4 is 10.1 Å². The van der Waals surface area contributed by atoms with Crippen molar-refractivity contribution in [2.75, 3.05) is 39.0 Å². The quantitative estimate of drug-likeness (QED) is 0.450. The SMILES string of the molecule is CCN(C)CCN(O)CCS(=O)(=O)[O-]. The van der Waals surface area contributed by atoms with Gasteiger partial charge in [-0.25, -0.2) is 8.42 Å². The summed E-state index contributed by atoms with van der Waals surface area (Å²) < 4.78 is 30.7. The first-order valence-corrected chi connectivity index (χ1v) is 5.99. The summed E-state index contributed by atoms with van der Waals surface area (Å²) in [4.78, 5) is 1.97. The lowest BCUT2D eigenvalue weighted by molar-refractivity contribution is -0.0886. The number of hydrogen-bond donors (Lipinski definition) is 1. The Kier molecular flexibility index (Phi) is 6.21. The van der Waals surface area contributed by atoms with E-state index in [1.165, 1.54) is 0 Å². The molecule has 1 N–H and O–H groups in total. The maximum absolute atomic E-state index is 10.2. The van der Waals surface area contributed by atoms with Crippen molar-refractivity contribution in [1.29, 1.82) is 0 Å². The van der Waals surface area contributed by atoms with E-state index >= 15 is 0 Å². The minimum Gasteiger partial charge on any atom is -0.748 e. The normalized spacial score (nSPS) is 12.7. The molecule has 0 aromatic heterocycles. The molecule has 0 aliphatic rings. The van der Waals surface area contributed by atoms with Crippen LogP contribution < -0.4 is 0 Å². The molecular formula is C7H17N2O4S-. The van der Waals surface area contributed by atoms with Crippen molar-refractivity contribution in [3.8, 4) is 0 Å². The number of hydroxylamine groups is 2. The van der Waals surface area contributed by atoms with Crippen LogP contribution in [0.2, 0.25) is 0 Å². The lowest BCUT2D eigenvalue weighted by Crippen LogP contribution is -2.33. The molecule has 0 amide bonds. The lowest BCUT2D eigenvalue weighted by Gasteiger charge is -2.19. The molecule has 0 aromatic carbocycles. The van der Waals surface area contributed by atoms with Crippen molar-refractivity contribution < 1.29 is 18.2 Å². The van der Waals surface area contributed by atoms with Crippen molar-refractivity contribution in [2.24, 2.45) is 0 Å². The molecule has 0 bridgehead atoms. The summed E-state index contributed by atoms with van der Waals surface area (Å²) in [5, 5.41) is 10.0. The third-order valence-corrected chi connectivity index (χ3v) is 2.56. The highest BCUT2D eigenvalue weighted by molar-refractivity contribution is 7.85. The number of likely N-dealkylation sites (N-methyl/N-ethyl adjacent to an activating group) is 1. The predicted molar refractivity (Wildman–Crippen MR) is 51.1 cm³/mol. The fraction of sp³-hybridized carbons (Fsp3) is 1.00. The Morgan fingerprint density at radius 2 is 1.86 bits per heavy atom. The highest BCUT2D eigenvalue weighted by Gasteiger charge is 2.04. The second-order valence-electron chi connectivity index (χ2n) is 3.11.